The quantitative estimate of drug-likeness (QED) is 0.769. The minimum atomic E-state index is -0.339. The first kappa shape index (κ1) is 16.9. The van der Waals surface area contributed by atoms with Crippen LogP contribution in [0.3, 0.4) is 0 Å². The first-order valence-corrected chi connectivity index (χ1v) is 7.68. The van der Waals surface area contributed by atoms with Crippen molar-refractivity contribution in [3.05, 3.63) is 28.6 Å². The molecule has 0 radical (unpaired) electrons. The molecule has 124 valence electrons. The lowest BCUT2D eigenvalue weighted by Crippen LogP contribution is -2.19. The van der Waals surface area contributed by atoms with E-state index in [2.05, 4.69) is 17.2 Å². The summed E-state index contributed by atoms with van der Waals surface area (Å²) in [4.78, 5) is 26.8. The van der Waals surface area contributed by atoms with Crippen LogP contribution in [0.5, 0.6) is 11.5 Å². The Morgan fingerprint density at radius 3 is 2.48 bits per heavy atom. The highest BCUT2D eigenvalue weighted by Gasteiger charge is 2.11. The number of aromatic amines is 1. The highest BCUT2D eigenvalue weighted by molar-refractivity contribution is 5.93. The predicted octanol–water partition coefficient (Wildman–Crippen LogP) is 3.06. The lowest BCUT2D eigenvalue weighted by Gasteiger charge is -2.10. The van der Waals surface area contributed by atoms with Crippen LogP contribution in [-0.4, -0.2) is 25.1 Å². The molecule has 1 amide bonds. The summed E-state index contributed by atoms with van der Waals surface area (Å²) in [5.41, 5.74) is 0.524. The van der Waals surface area contributed by atoms with E-state index in [0.717, 1.165) is 24.6 Å². The number of hydrogen-bond donors (Lipinski definition) is 2. The number of hydrogen-bond acceptors (Lipinski definition) is 4. The minimum Gasteiger partial charge on any atom is -0.493 e. The maximum absolute atomic E-state index is 12.1. The van der Waals surface area contributed by atoms with Crippen molar-refractivity contribution in [3.63, 3.8) is 0 Å². The third-order valence-corrected chi connectivity index (χ3v) is 3.63. The van der Waals surface area contributed by atoms with Gasteiger partial charge in [0.2, 0.25) is 5.91 Å². The Labute approximate surface area is 134 Å². The maximum Gasteiger partial charge on any atom is 0.272 e. The van der Waals surface area contributed by atoms with Gasteiger partial charge in [-0.05, 0) is 18.6 Å². The minimum absolute atomic E-state index is 0.149. The molecule has 0 fully saturated rings. The Bertz CT molecular complexity index is 752. The Kier molecular flexibility index (Phi) is 5.62. The van der Waals surface area contributed by atoms with Crippen LogP contribution >= 0.6 is 0 Å². The predicted molar refractivity (Wildman–Crippen MR) is 90.4 cm³/mol. The summed E-state index contributed by atoms with van der Waals surface area (Å²) in [6.07, 6.45) is 3.28. The van der Waals surface area contributed by atoms with E-state index in [9.17, 15) is 9.59 Å². The lowest BCUT2D eigenvalue weighted by atomic mass is 10.1. The number of pyridine rings is 1. The smallest absolute Gasteiger partial charge is 0.272 e. The molecule has 0 aliphatic rings. The summed E-state index contributed by atoms with van der Waals surface area (Å²) in [7, 11) is 3.08. The van der Waals surface area contributed by atoms with Gasteiger partial charge in [-0.3, -0.25) is 9.59 Å². The first-order valence-electron chi connectivity index (χ1n) is 7.68. The second kappa shape index (κ2) is 7.67. The Morgan fingerprint density at radius 2 is 1.83 bits per heavy atom. The van der Waals surface area contributed by atoms with E-state index in [1.165, 1.54) is 7.11 Å². The third kappa shape index (κ3) is 4.03. The van der Waals surface area contributed by atoms with E-state index in [-0.39, 0.29) is 17.2 Å². The number of fused-ring (bicyclic) bond motifs is 1. The van der Waals surface area contributed by atoms with Crippen molar-refractivity contribution >= 4 is 22.5 Å². The van der Waals surface area contributed by atoms with Gasteiger partial charge in [-0.25, -0.2) is 0 Å². The van der Waals surface area contributed by atoms with Gasteiger partial charge in [-0.1, -0.05) is 19.8 Å². The van der Waals surface area contributed by atoms with Crippen LogP contribution < -0.4 is 20.3 Å². The van der Waals surface area contributed by atoms with Crippen molar-refractivity contribution in [2.75, 3.05) is 19.5 Å². The normalized spacial score (nSPS) is 10.6. The Balaban J connectivity index is 2.29. The average molecular weight is 318 g/mol. The number of unbranched alkanes of at least 4 members (excludes halogenated alkanes) is 2. The van der Waals surface area contributed by atoms with E-state index < -0.39 is 0 Å². The SMILES string of the molecule is CCCCCC(=O)Nc1cc2cc(OC)c(OC)cc2[nH]c1=O. The Morgan fingerprint density at radius 1 is 1.13 bits per heavy atom. The second-order valence-electron chi connectivity index (χ2n) is 5.31. The zero-order valence-corrected chi connectivity index (χ0v) is 13.7. The number of H-pyrrole nitrogens is 1. The van der Waals surface area contributed by atoms with Crippen molar-refractivity contribution in [3.8, 4) is 11.5 Å². The van der Waals surface area contributed by atoms with Gasteiger partial charge in [-0.2, -0.15) is 0 Å². The van der Waals surface area contributed by atoms with Gasteiger partial charge in [-0.15, -0.1) is 0 Å². The van der Waals surface area contributed by atoms with E-state index >= 15 is 0 Å². The summed E-state index contributed by atoms with van der Waals surface area (Å²) in [5.74, 6) is 0.947. The van der Waals surface area contributed by atoms with Gasteiger partial charge in [0.05, 0.1) is 19.7 Å². The molecular weight excluding hydrogens is 296 g/mol. The van der Waals surface area contributed by atoms with Crippen molar-refractivity contribution in [2.24, 2.45) is 0 Å². The maximum atomic E-state index is 12.1. The molecule has 0 saturated carbocycles. The number of carbonyl (C=O) groups excluding carboxylic acids is 1. The molecule has 1 heterocycles. The van der Waals surface area contributed by atoms with Crippen LogP contribution in [-0.2, 0) is 4.79 Å². The second-order valence-corrected chi connectivity index (χ2v) is 5.31. The van der Waals surface area contributed by atoms with E-state index in [4.69, 9.17) is 9.47 Å². The largest absolute Gasteiger partial charge is 0.493 e. The zero-order chi connectivity index (χ0) is 16.8. The van der Waals surface area contributed by atoms with Crippen molar-refractivity contribution in [1.82, 2.24) is 4.98 Å². The van der Waals surface area contributed by atoms with Gasteiger partial charge >= 0.3 is 0 Å². The number of rotatable bonds is 7. The number of amides is 1. The summed E-state index contributed by atoms with van der Waals surface area (Å²) >= 11 is 0. The van der Waals surface area contributed by atoms with Crippen molar-refractivity contribution in [2.45, 2.75) is 32.6 Å². The molecule has 0 saturated heterocycles. The van der Waals surface area contributed by atoms with E-state index in [1.807, 2.05) is 0 Å². The standard InChI is InChI=1S/C17H22N2O4/c1-4-5-6-7-16(20)18-13-8-11-9-14(22-2)15(23-3)10-12(11)19-17(13)21/h8-10H,4-7H2,1-3H3,(H,18,20)(H,19,21). The van der Waals surface area contributed by atoms with Crippen LogP contribution in [0.4, 0.5) is 5.69 Å². The third-order valence-electron chi connectivity index (χ3n) is 3.63. The summed E-state index contributed by atoms with van der Waals surface area (Å²) in [6, 6.07) is 5.10. The number of carbonyl (C=O) groups is 1. The van der Waals surface area contributed by atoms with E-state index in [0.29, 0.717) is 23.4 Å². The fourth-order valence-electron chi connectivity index (χ4n) is 2.37. The lowest BCUT2D eigenvalue weighted by molar-refractivity contribution is -0.116. The molecule has 2 rings (SSSR count). The molecule has 1 aromatic heterocycles. The Hall–Kier alpha value is -2.50. The molecule has 0 atom stereocenters. The molecule has 0 aliphatic heterocycles. The van der Waals surface area contributed by atoms with E-state index in [1.54, 1.807) is 25.3 Å². The van der Waals surface area contributed by atoms with Gasteiger partial charge < -0.3 is 19.8 Å². The number of benzene rings is 1. The van der Waals surface area contributed by atoms with Gasteiger partial charge in [0.15, 0.2) is 11.5 Å². The highest BCUT2D eigenvalue weighted by Crippen LogP contribution is 2.31. The molecule has 6 heteroatoms. The van der Waals surface area contributed by atoms with Crippen LogP contribution in [0.15, 0.2) is 23.0 Å². The van der Waals surface area contributed by atoms with Crippen LogP contribution in [0.1, 0.15) is 32.6 Å². The van der Waals surface area contributed by atoms with Gasteiger partial charge in [0.25, 0.3) is 5.56 Å². The highest BCUT2D eigenvalue weighted by atomic mass is 16.5. The van der Waals surface area contributed by atoms with Crippen LogP contribution in [0.25, 0.3) is 10.9 Å². The molecule has 0 bridgehead atoms. The number of ether oxygens (including phenoxy) is 2. The summed E-state index contributed by atoms with van der Waals surface area (Å²) in [6.45, 7) is 2.08. The molecule has 0 unspecified atom stereocenters. The molecule has 0 aliphatic carbocycles. The van der Waals surface area contributed by atoms with Crippen molar-refractivity contribution in [1.29, 1.82) is 0 Å². The summed E-state index contributed by atoms with van der Waals surface area (Å²) < 4.78 is 10.5. The average Bonchev–Trinajstić information content (AvgIpc) is 2.54. The molecule has 1 aromatic carbocycles. The molecule has 23 heavy (non-hydrogen) atoms. The number of aromatic nitrogens is 1. The number of nitrogens with one attached hydrogen (secondary N) is 2. The molecule has 2 aromatic rings. The van der Waals surface area contributed by atoms with Gasteiger partial charge in [0.1, 0.15) is 5.69 Å². The molecule has 6 nitrogen and oxygen atoms in total. The summed E-state index contributed by atoms with van der Waals surface area (Å²) in [5, 5.41) is 3.43. The number of anilines is 1. The van der Waals surface area contributed by atoms with Gasteiger partial charge in [0, 0.05) is 17.9 Å². The molecule has 2 N–H and O–H groups in total. The van der Waals surface area contributed by atoms with Crippen molar-refractivity contribution < 1.29 is 14.3 Å². The fourth-order valence-corrected chi connectivity index (χ4v) is 2.37. The van der Waals surface area contributed by atoms with Crippen LogP contribution in [0, 0.1) is 0 Å². The number of methoxy groups -OCH3 is 2. The zero-order valence-electron chi connectivity index (χ0n) is 13.7. The monoisotopic (exact) mass is 318 g/mol. The molecule has 0 spiro atoms. The fraction of sp³-hybridized carbons (Fsp3) is 0.412. The first-order chi connectivity index (χ1) is 11.1. The van der Waals surface area contributed by atoms with Crippen LogP contribution in [0.2, 0.25) is 0 Å². The molecular formula is C17H22N2O4. The topological polar surface area (TPSA) is 80.4 Å².